The molecule has 0 saturated carbocycles. The minimum absolute atomic E-state index is 0.967. The first-order chi connectivity index (χ1) is 9.16. The summed E-state index contributed by atoms with van der Waals surface area (Å²) >= 11 is 1.52. The molecule has 0 unspecified atom stereocenters. The van der Waals surface area contributed by atoms with Gasteiger partial charge in [0.1, 0.15) is 0 Å². The zero-order chi connectivity index (χ0) is 15.8. The SMILES string of the molecule is CC[N-]CC.CC[N-]CC.CC[N-]CC.CC[N]=[Nb]. The zero-order valence-corrected chi connectivity index (χ0v) is 16.4. The molecule has 0 aromatic heterocycles. The fourth-order valence-corrected chi connectivity index (χ4v) is 0.671. The number of rotatable bonds is 7. The zero-order valence-electron chi connectivity index (χ0n) is 14.2. The molecular weight excluding hydrogens is 317 g/mol. The molecule has 5 heteroatoms. The molecule has 0 atom stereocenters. The molecule has 0 bridgehead atoms. The molecule has 0 N–H and O–H groups in total. The fraction of sp³-hybridized carbons (Fsp3) is 1.00. The van der Waals surface area contributed by atoms with Gasteiger partial charge in [-0.1, -0.05) is 41.5 Å². The van der Waals surface area contributed by atoms with Crippen molar-refractivity contribution in [3.63, 3.8) is 0 Å². The van der Waals surface area contributed by atoms with Crippen molar-refractivity contribution in [3.8, 4) is 0 Å². The number of hydrogen-bond acceptors (Lipinski definition) is 1. The number of nitrogens with zero attached hydrogens (tertiary/aromatic N) is 4. The van der Waals surface area contributed by atoms with E-state index in [1.54, 1.807) is 0 Å². The maximum atomic E-state index is 3.97. The third-order valence-corrected chi connectivity index (χ3v) is 2.18. The van der Waals surface area contributed by atoms with Crippen molar-refractivity contribution in [1.82, 2.24) is 0 Å². The first kappa shape index (κ1) is 27.7. The molecule has 0 fully saturated rings. The van der Waals surface area contributed by atoms with Gasteiger partial charge in [0.15, 0.2) is 0 Å². The van der Waals surface area contributed by atoms with Crippen molar-refractivity contribution in [2.45, 2.75) is 48.5 Å². The van der Waals surface area contributed by atoms with E-state index in [0.717, 1.165) is 45.8 Å². The van der Waals surface area contributed by atoms with Gasteiger partial charge in [0, 0.05) is 0 Å². The van der Waals surface area contributed by atoms with Gasteiger partial charge in [-0.25, -0.2) is 0 Å². The second-order valence-electron chi connectivity index (χ2n) is 3.03. The third kappa shape index (κ3) is 90.2. The van der Waals surface area contributed by atoms with Crippen molar-refractivity contribution in [2.24, 2.45) is 3.34 Å². The Kier molecular flexibility index (Phi) is 62.5. The van der Waals surface area contributed by atoms with E-state index in [0.29, 0.717) is 0 Å². The second-order valence-corrected chi connectivity index (χ2v) is 3.72. The predicted octanol–water partition coefficient (Wildman–Crippen LogP) is 4.94. The second kappa shape index (κ2) is 42.9. The average molecular weight is 352 g/mol. The summed E-state index contributed by atoms with van der Waals surface area (Å²) < 4.78 is 3.79. The van der Waals surface area contributed by atoms with Crippen LogP contribution < -0.4 is 0 Å². The molecule has 0 aliphatic carbocycles. The monoisotopic (exact) mass is 352 g/mol. The van der Waals surface area contributed by atoms with Crippen LogP contribution in [0.5, 0.6) is 0 Å². The van der Waals surface area contributed by atoms with E-state index in [1.807, 2.05) is 48.5 Å². The molecule has 0 radical (unpaired) electrons. The Bertz CT molecular complexity index is 93.4. The van der Waals surface area contributed by atoms with Gasteiger partial charge >= 0.3 is 37.7 Å². The minimum atomic E-state index is 0.967. The fourth-order valence-electron chi connectivity index (χ4n) is 0.671. The Morgan fingerprint density at radius 2 is 0.737 bits per heavy atom. The Morgan fingerprint density at radius 3 is 0.737 bits per heavy atom. The maximum absolute atomic E-state index is 3.97. The van der Waals surface area contributed by atoms with E-state index in [2.05, 4.69) is 19.3 Å². The summed E-state index contributed by atoms with van der Waals surface area (Å²) in [6.45, 7) is 21.1. The van der Waals surface area contributed by atoms with Crippen LogP contribution in [0.4, 0.5) is 0 Å². The van der Waals surface area contributed by atoms with Gasteiger partial charge in [0.25, 0.3) is 0 Å². The van der Waals surface area contributed by atoms with Crippen molar-refractivity contribution in [3.05, 3.63) is 16.0 Å². The standard InChI is InChI=1S/3C4H10N.C2H5N.Nb/c3*1-3-5-4-2;1-2-3;/h3*3-4H2,1-2H3;2H2,1H3;/q3*-1;;. The van der Waals surface area contributed by atoms with Crippen LogP contribution in [-0.2, 0) is 20.9 Å². The summed E-state index contributed by atoms with van der Waals surface area (Å²) in [7, 11) is 0. The van der Waals surface area contributed by atoms with Gasteiger partial charge in [0.2, 0.25) is 0 Å². The summed E-state index contributed by atoms with van der Waals surface area (Å²) in [5.74, 6) is 0. The molecule has 0 spiro atoms. The molecule has 0 rings (SSSR count). The van der Waals surface area contributed by atoms with Crippen molar-refractivity contribution in [2.75, 3.05) is 45.8 Å². The van der Waals surface area contributed by atoms with Gasteiger partial charge in [-0.15, -0.1) is 0 Å². The van der Waals surface area contributed by atoms with Gasteiger partial charge < -0.3 is 16.0 Å². The molecule has 0 amide bonds. The van der Waals surface area contributed by atoms with Crippen molar-refractivity contribution in [1.29, 1.82) is 0 Å². The Balaban J connectivity index is -0.0000000793. The first-order valence-corrected chi connectivity index (χ1v) is 8.35. The molecule has 0 aliphatic heterocycles. The first-order valence-electron chi connectivity index (χ1n) is 7.36. The molecule has 0 aromatic carbocycles. The molecule has 0 heterocycles. The van der Waals surface area contributed by atoms with E-state index < -0.39 is 0 Å². The molecule has 119 valence electrons. The van der Waals surface area contributed by atoms with Gasteiger partial charge in [-0.05, 0) is 0 Å². The van der Waals surface area contributed by atoms with E-state index >= 15 is 0 Å². The molecule has 0 saturated heterocycles. The molecule has 4 nitrogen and oxygen atoms in total. The molecular formula is C14H35N4Nb-3. The predicted molar refractivity (Wildman–Crippen MR) is 86.3 cm³/mol. The van der Waals surface area contributed by atoms with Crippen molar-refractivity contribution >= 4 is 0 Å². The summed E-state index contributed by atoms with van der Waals surface area (Å²) in [5, 5.41) is 11.9. The average Bonchev–Trinajstić information content (AvgIpc) is 2.43. The molecule has 19 heavy (non-hydrogen) atoms. The third-order valence-electron chi connectivity index (χ3n) is 1.48. The van der Waals surface area contributed by atoms with E-state index in [-0.39, 0.29) is 0 Å². The normalized spacial score (nSPS) is 7.89. The van der Waals surface area contributed by atoms with Crippen LogP contribution in [0, 0.1) is 0 Å². The van der Waals surface area contributed by atoms with Gasteiger partial charge in [-0.2, -0.15) is 39.3 Å². The van der Waals surface area contributed by atoms with Crippen LogP contribution in [0.2, 0.25) is 0 Å². The summed E-state index contributed by atoms with van der Waals surface area (Å²) in [6.07, 6.45) is 0. The van der Waals surface area contributed by atoms with Crippen LogP contribution in [0.1, 0.15) is 48.5 Å². The van der Waals surface area contributed by atoms with Crippen LogP contribution in [0.25, 0.3) is 16.0 Å². The van der Waals surface area contributed by atoms with E-state index in [1.165, 1.54) is 20.9 Å². The summed E-state index contributed by atoms with van der Waals surface area (Å²) in [5.41, 5.74) is 0. The summed E-state index contributed by atoms with van der Waals surface area (Å²) in [6, 6.07) is 0. The topological polar surface area (TPSA) is 54.7 Å². The van der Waals surface area contributed by atoms with Crippen LogP contribution in [0.15, 0.2) is 3.34 Å². The van der Waals surface area contributed by atoms with Gasteiger partial charge in [0.05, 0.1) is 0 Å². The Hall–Kier alpha value is 0.420. The van der Waals surface area contributed by atoms with Crippen molar-refractivity contribution < 1.29 is 20.9 Å². The molecule has 0 aliphatic rings. The quantitative estimate of drug-likeness (QED) is 0.583. The van der Waals surface area contributed by atoms with Crippen LogP contribution in [0.3, 0.4) is 0 Å². The summed E-state index contributed by atoms with van der Waals surface area (Å²) in [4.78, 5) is 0. The number of hydrogen-bond donors (Lipinski definition) is 0. The Labute approximate surface area is 134 Å². The Morgan fingerprint density at radius 1 is 0.579 bits per heavy atom. The van der Waals surface area contributed by atoms with E-state index in [4.69, 9.17) is 0 Å². The molecule has 0 aromatic rings. The van der Waals surface area contributed by atoms with Crippen LogP contribution >= 0.6 is 0 Å². The van der Waals surface area contributed by atoms with E-state index in [9.17, 15) is 0 Å². The van der Waals surface area contributed by atoms with Gasteiger partial charge in [-0.3, -0.25) is 0 Å². The van der Waals surface area contributed by atoms with Crippen LogP contribution in [-0.4, -0.2) is 45.8 Å².